The maximum atomic E-state index is 12.3. The van der Waals surface area contributed by atoms with Gasteiger partial charge in [0, 0.05) is 36.1 Å². The van der Waals surface area contributed by atoms with Crippen molar-refractivity contribution in [1.29, 1.82) is 0 Å². The molecular weight excluding hydrogens is 356 g/mol. The van der Waals surface area contributed by atoms with Crippen molar-refractivity contribution < 1.29 is 4.79 Å². The molecule has 3 aromatic heterocycles. The topological polar surface area (TPSA) is 85.6 Å². The molecule has 0 bridgehead atoms. The molecule has 25 heavy (non-hydrogen) atoms. The Bertz CT molecular complexity index is 847. The van der Waals surface area contributed by atoms with Crippen molar-refractivity contribution in [1.82, 2.24) is 24.7 Å². The number of carbonyl (C=O) groups is 1. The maximum Gasteiger partial charge on any atom is 0.239 e. The first-order chi connectivity index (χ1) is 12.2. The standard InChI is InChI=1S/C16H16N6OS2/c1-3-9-22-13(12-4-6-17-7-5-12)20-21-16(22)25-11(2)14(23)19-15-18-8-10-24-15/h3-8,10-11H,1,9H2,2H3,(H,18,19,23)/t11-/m0/s1. The van der Waals surface area contributed by atoms with E-state index in [0.29, 0.717) is 16.8 Å². The zero-order chi connectivity index (χ0) is 17.6. The summed E-state index contributed by atoms with van der Waals surface area (Å²) < 4.78 is 1.93. The molecule has 0 aliphatic heterocycles. The number of thiazole rings is 1. The Balaban J connectivity index is 1.78. The van der Waals surface area contributed by atoms with E-state index in [4.69, 9.17) is 0 Å². The van der Waals surface area contributed by atoms with Gasteiger partial charge in [-0.3, -0.25) is 14.3 Å². The van der Waals surface area contributed by atoms with Gasteiger partial charge in [-0.05, 0) is 19.1 Å². The zero-order valence-corrected chi connectivity index (χ0v) is 15.1. The molecule has 3 heterocycles. The van der Waals surface area contributed by atoms with E-state index in [0.717, 1.165) is 11.4 Å². The Labute approximate surface area is 153 Å². The summed E-state index contributed by atoms with van der Waals surface area (Å²) in [6.07, 6.45) is 6.84. The number of amides is 1. The van der Waals surface area contributed by atoms with Crippen LogP contribution in [-0.2, 0) is 11.3 Å². The summed E-state index contributed by atoms with van der Waals surface area (Å²) in [4.78, 5) is 20.4. The number of hydrogen-bond acceptors (Lipinski definition) is 7. The molecule has 0 saturated heterocycles. The number of pyridine rings is 1. The van der Waals surface area contributed by atoms with Crippen LogP contribution in [0.15, 0.2) is 53.9 Å². The van der Waals surface area contributed by atoms with Crippen LogP contribution in [0.2, 0.25) is 0 Å². The Morgan fingerprint density at radius 2 is 2.20 bits per heavy atom. The Morgan fingerprint density at radius 3 is 2.88 bits per heavy atom. The zero-order valence-electron chi connectivity index (χ0n) is 13.5. The number of anilines is 1. The van der Waals surface area contributed by atoms with Crippen molar-refractivity contribution >= 4 is 34.1 Å². The summed E-state index contributed by atoms with van der Waals surface area (Å²) in [6.45, 7) is 6.17. The molecule has 1 N–H and O–H groups in total. The smallest absolute Gasteiger partial charge is 0.239 e. The third-order valence-corrected chi connectivity index (χ3v) is 5.05. The van der Waals surface area contributed by atoms with Crippen molar-refractivity contribution in [2.24, 2.45) is 0 Å². The van der Waals surface area contributed by atoms with Crippen LogP contribution in [0.25, 0.3) is 11.4 Å². The minimum atomic E-state index is -0.345. The van der Waals surface area contributed by atoms with Crippen LogP contribution in [0.4, 0.5) is 5.13 Å². The average Bonchev–Trinajstić information content (AvgIpc) is 3.26. The molecule has 1 amide bonds. The number of thioether (sulfide) groups is 1. The quantitative estimate of drug-likeness (QED) is 0.507. The minimum absolute atomic E-state index is 0.126. The fraction of sp³-hybridized carbons (Fsp3) is 0.188. The van der Waals surface area contributed by atoms with Gasteiger partial charge in [0.1, 0.15) is 0 Å². The number of nitrogens with one attached hydrogen (secondary N) is 1. The molecule has 0 radical (unpaired) electrons. The lowest BCUT2D eigenvalue weighted by molar-refractivity contribution is -0.115. The normalized spacial score (nSPS) is 11.9. The second-order valence-electron chi connectivity index (χ2n) is 5.03. The molecule has 9 heteroatoms. The Hall–Kier alpha value is -2.52. The first-order valence-corrected chi connectivity index (χ1v) is 9.26. The van der Waals surface area contributed by atoms with Gasteiger partial charge in [0.2, 0.25) is 5.91 Å². The van der Waals surface area contributed by atoms with Crippen LogP contribution >= 0.6 is 23.1 Å². The van der Waals surface area contributed by atoms with Gasteiger partial charge < -0.3 is 5.32 Å². The highest BCUT2D eigenvalue weighted by molar-refractivity contribution is 8.00. The van der Waals surface area contributed by atoms with Gasteiger partial charge in [0.05, 0.1) is 5.25 Å². The number of nitrogens with zero attached hydrogens (tertiary/aromatic N) is 5. The molecule has 3 rings (SSSR count). The van der Waals surface area contributed by atoms with Gasteiger partial charge in [-0.1, -0.05) is 17.8 Å². The summed E-state index contributed by atoms with van der Waals surface area (Å²) in [6, 6.07) is 3.74. The first-order valence-electron chi connectivity index (χ1n) is 7.50. The van der Waals surface area contributed by atoms with E-state index in [1.165, 1.54) is 23.1 Å². The van der Waals surface area contributed by atoms with Crippen molar-refractivity contribution in [3.63, 3.8) is 0 Å². The summed E-state index contributed by atoms with van der Waals surface area (Å²) in [5.74, 6) is 0.593. The molecule has 0 unspecified atom stereocenters. The maximum absolute atomic E-state index is 12.3. The van der Waals surface area contributed by atoms with E-state index in [9.17, 15) is 4.79 Å². The molecule has 0 fully saturated rings. The second-order valence-corrected chi connectivity index (χ2v) is 7.23. The largest absolute Gasteiger partial charge is 0.301 e. The van der Waals surface area contributed by atoms with Gasteiger partial charge in [-0.2, -0.15) is 0 Å². The van der Waals surface area contributed by atoms with Gasteiger partial charge in [0.15, 0.2) is 16.1 Å². The van der Waals surface area contributed by atoms with E-state index in [2.05, 4.69) is 32.1 Å². The van der Waals surface area contributed by atoms with E-state index in [1.807, 2.05) is 29.0 Å². The molecule has 128 valence electrons. The van der Waals surface area contributed by atoms with E-state index >= 15 is 0 Å². The van der Waals surface area contributed by atoms with Crippen LogP contribution in [0, 0.1) is 0 Å². The monoisotopic (exact) mass is 372 g/mol. The molecule has 0 spiro atoms. The molecule has 0 aliphatic rings. The fourth-order valence-corrected chi connectivity index (χ4v) is 3.48. The lowest BCUT2D eigenvalue weighted by Crippen LogP contribution is -2.22. The van der Waals surface area contributed by atoms with Gasteiger partial charge >= 0.3 is 0 Å². The third-order valence-electron chi connectivity index (χ3n) is 3.28. The molecule has 7 nitrogen and oxygen atoms in total. The van der Waals surface area contributed by atoms with Crippen molar-refractivity contribution in [2.75, 3.05) is 5.32 Å². The fourth-order valence-electron chi connectivity index (χ4n) is 2.09. The Morgan fingerprint density at radius 1 is 1.40 bits per heavy atom. The van der Waals surface area contributed by atoms with Crippen LogP contribution in [0.1, 0.15) is 6.92 Å². The second kappa shape index (κ2) is 8.04. The van der Waals surface area contributed by atoms with Crippen LogP contribution < -0.4 is 5.32 Å². The number of aromatic nitrogens is 5. The predicted octanol–water partition coefficient (Wildman–Crippen LogP) is 3.10. The molecular formula is C16H16N6OS2. The molecule has 3 aromatic rings. The summed E-state index contributed by atoms with van der Waals surface area (Å²) in [7, 11) is 0. The van der Waals surface area contributed by atoms with Gasteiger partial charge in [-0.15, -0.1) is 28.1 Å². The van der Waals surface area contributed by atoms with Crippen LogP contribution in [0.3, 0.4) is 0 Å². The van der Waals surface area contributed by atoms with Gasteiger partial charge in [-0.25, -0.2) is 4.98 Å². The first kappa shape index (κ1) is 17.3. The van der Waals surface area contributed by atoms with Crippen molar-refractivity contribution in [2.45, 2.75) is 23.9 Å². The average molecular weight is 372 g/mol. The number of allylic oxidation sites excluding steroid dienone is 1. The van der Waals surface area contributed by atoms with Crippen LogP contribution in [0.5, 0.6) is 0 Å². The van der Waals surface area contributed by atoms with Crippen molar-refractivity contribution in [3.8, 4) is 11.4 Å². The SMILES string of the molecule is C=CCn1c(S[C@@H](C)C(=O)Nc2nccs2)nnc1-c1ccncc1. The highest BCUT2D eigenvalue weighted by Gasteiger charge is 2.21. The highest BCUT2D eigenvalue weighted by Crippen LogP contribution is 2.27. The number of carbonyl (C=O) groups excluding carboxylic acids is 1. The third kappa shape index (κ3) is 4.12. The molecule has 0 aliphatic carbocycles. The van der Waals surface area contributed by atoms with E-state index in [1.54, 1.807) is 24.7 Å². The molecule has 0 aromatic carbocycles. The summed E-state index contributed by atoms with van der Waals surface area (Å²) in [5, 5.41) is 14.0. The van der Waals surface area contributed by atoms with E-state index < -0.39 is 0 Å². The van der Waals surface area contributed by atoms with Crippen LogP contribution in [-0.4, -0.2) is 35.9 Å². The molecule has 0 saturated carbocycles. The van der Waals surface area contributed by atoms with Crippen molar-refractivity contribution in [3.05, 3.63) is 48.8 Å². The predicted molar refractivity (Wildman–Crippen MR) is 99.5 cm³/mol. The number of hydrogen-bond donors (Lipinski definition) is 1. The van der Waals surface area contributed by atoms with E-state index in [-0.39, 0.29) is 11.2 Å². The summed E-state index contributed by atoms with van der Waals surface area (Å²) in [5.41, 5.74) is 0.913. The lowest BCUT2D eigenvalue weighted by Gasteiger charge is -2.11. The Kier molecular flexibility index (Phi) is 5.56. The number of rotatable bonds is 7. The minimum Gasteiger partial charge on any atom is -0.301 e. The molecule has 1 atom stereocenters. The highest BCUT2D eigenvalue weighted by atomic mass is 32.2. The van der Waals surface area contributed by atoms with Gasteiger partial charge in [0.25, 0.3) is 0 Å². The lowest BCUT2D eigenvalue weighted by atomic mass is 10.2. The summed E-state index contributed by atoms with van der Waals surface area (Å²) >= 11 is 2.73.